The lowest BCUT2D eigenvalue weighted by atomic mass is 10.3. The highest BCUT2D eigenvalue weighted by Gasteiger charge is 2.09. The van der Waals surface area contributed by atoms with Gasteiger partial charge in [-0.15, -0.1) is 0 Å². The molecule has 0 aliphatic heterocycles. The van der Waals surface area contributed by atoms with Crippen molar-refractivity contribution in [1.82, 2.24) is 5.32 Å². The molecule has 3 nitrogen and oxygen atoms in total. The summed E-state index contributed by atoms with van der Waals surface area (Å²) in [5.41, 5.74) is 0.181. The van der Waals surface area contributed by atoms with Gasteiger partial charge in [0.05, 0.1) is 12.2 Å². The minimum absolute atomic E-state index is 0.178. The van der Waals surface area contributed by atoms with Gasteiger partial charge in [0.2, 0.25) is 5.91 Å². The van der Waals surface area contributed by atoms with E-state index in [1.54, 1.807) is 12.1 Å². The van der Waals surface area contributed by atoms with E-state index in [9.17, 15) is 9.18 Å². The van der Waals surface area contributed by atoms with Crippen molar-refractivity contribution in [1.29, 1.82) is 0 Å². The summed E-state index contributed by atoms with van der Waals surface area (Å²) in [7, 11) is 0. The molecule has 1 rings (SSSR count). The lowest BCUT2D eigenvalue weighted by Gasteiger charge is -2.08. The number of rotatable bonds is 4. The molecule has 0 saturated carbocycles. The molecule has 0 atom stereocenters. The number of benzene rings is 1. The molecule has 0 radical (unpaired) electrons. The maximum absolute atomic E-state index is 13.3. The molecule has 5 heteroatoms. The predicted octanol–water partition coefficient (Wildman–Crippen LogP) is 2.14. The van der Waals surface area contributed by atoms with Crippen LogP contribution in [0.2, 0.25) is 0 Å². The Hall–Kier alpha value is -0.940. The first-order valence-electron chi connectivity index (χ1n) is 4.59. The highest BCUT2D eigenvalue weighted by atomic mass is 79.9. The molecular formula is C10H12BrFN2O. The van der Waals surface area contributed by atoms with Crippen LogP contribution < -0.4 is 10.6 Å². The number of hydrogen-bond donors (Lipinski definition) is 2. The van der Waals surface area contributed by atoms with Crippen LogP contribution in [0.25, 0.3) is 0 Å². The summed E-state index contributed by atoms with van der Waals surface area (Å²) in [6, 6.07) is 4.54. The van der Waals surface area contributed by atoms with Crippen molar-refractivity contribution in [3.63, 3.8) is 0 Å². The van der Waals surface area contributed by atoms with E-state index < -0.39 is 5.82 Å². The molecule has 0 aliphatic rings. The highest BCUT2D eigenvalue weighted by Crippen LogP contribution is 2.24. The van der Waals surface area contributed by atoms with Crippen LogP contribution >= 0.6 is 15.9 Å². The van der Waals surface area contributed by atoms with Crippen LogP contribution in [0.15, 0.2) is 22.7 Å². The highest BCUT2D eigenvalue weighted by molar-refractivity contribution is 9.10. The standard InChI is InChI=1S/C10H12BrFN2O/c1-2-13-6-9(15)14-10-7(11)4-3-5-8(10)12/h3-5,13H,2,6H2,1H3,(H,14,15). The lowest BCUT2D eigenvalue weighted by Crippen LogP contribution is -2.28. The molecule has 1 aromatic rings. The van der Waals surface area contributed by atoms with Crippen LogP contribution in [0, 0.1) is 5.82 Å². The number of nitrogens with one attached hydrogen (secondary N) is 2. The third kappa shape index (κ3) is 3.60. The third-order valence-corrected chi connectivity index (χ3v) is 2.42. The predicted molar refractivity (Wildman–Crippen MR) is 61.3 cm³/mol. The van der Waals surface area contributed by atoms with Crippen LogP contribution in [-0.2, 0) is 4.79 Å². The van der Waals surface area contributed by atoms with Crippen molar-refractivity contribution in [2.45, 2.75) is 6.92 Å². The number of carbonyl (C=O) groups excluding carboxylic acids is 1. The van der Waals surface area contributed by atoms with Gasteiger partial charge in [-0.3, -0.25) is 4.79 Å². The molecule has 0 bridgehead atoms. The molecule has 15 heavy (non-hydrogen) atoms. The fraction of sp³-hybridized carbons (Fsp3) is 0.300. The zero-order valence-electron chi connectivity index (χ0n) is 8.31. The van der Waals surface area contributed by atoms with E-state index in [0.717, 1.165) is 0 Å². The van der Waals surface area contributed by atoms with Crippen molar-refractivity contribution in [3.8, 4) is 0 Å². The molecule has 0 unspecified atom stereocenters. The topological polar surface area (TPSA) is 41.1 Å². The Morgan fingerprint density at radius 1 is 1.53 bits per heavy atom. The van der Waals surface area contributed by atoms with E-state index in [-0.39, 0.29) is 18.1 Å². The minimum atomic E-state index is -0.450. The fourth-order valence-corrected chi connectivity index (χ4v) is 1.48. The summed E-state index contributed by atoms with van der Waals surface area (Å²) in [6.45, 7) is 2.77. The maximum Gasteiger partial charge on any atom is 0.238 e. The number of hydrogen-bond acceptors (Lipinski definition) is 2. The molecule has 1 aromatic carbocycles. The van der Waals surface area contributed by atoms with Crippen molar-refractivity contribution in [2.24, 2.45) is 0 Å². The first kappa shape index (κ1) is 12.1. The van der Waals surface area contributed by atoms with Gasteiger partial charge in [0.1, 0.15) is 5.82 Å². The molecule has 0 fully saturated rings. The molecule has 2 N–H and O–H groups in total. The van der Waals surface area contributed by atoms with Crippen molar-refractivity contribution >= 4 is 27.5 Å². The van der Waals surface area contributed by atoms with Gasteiger partial charge in [-0.25, -0.2) is 4.39 Å². The summed E-state index contributed by atoms with van der Waals surface area (Å²) < 4.78 is 13.8. The van der Waals surface area contributed by atoms with Gasteiger partial charge >= 0.3 is 0 Å². The van der Waals surface area contributed by atoms with Gasteiger partial charge in [-0.1, -0.05) is 13.0 Å². The lowest BCUT2D eigenvalue weighted by molar-refractivity contribution is -0.115. The van der Waals surface area contributed by atoms with E-state index in [2.05, 4.69) is 26.6 Å². The maximum atomic E-state index is 13.3. The molecule has 0 aliphatic carbocycles. The fourth-order valence-electron chi connectivity index (χ4n) is 1.04. The number of carbonyl (C=O) groups is 1. The Morgan fingerprint density at radius 2 is 2.27 bits per heavy atom. The number of amides is 1. The summed E-state index contributed by atoms with van der Waals surface area (Å²) in [4.78, 5) is 11.3. The van der Waals surface area contributed by atoms with Crippen LogP contribution in [0.4, 0.5) is 10.1 Å². The zero-order valence-corrected chi connectivity index (χ0v) is 9.90. The van der Waals surface area contributed by atoms with E-state index in [4.69, 9.17) is 0 Å². The third-order valence-electron chi connectivity index (χ3n) is 1.76. The van der Waals surface area contributed by atoms with Gasteiger partial charge in [-0.2, -0.15) is 0 Å². The molecule has 1 amide bonds. The SMILES string of the molecule is CCNCC(=O)Nc1c(F)cccc1Br. The summed E-state index contributed by atoms with van der Waals surface area (Å²) in [5.74, 6) is -0.711. The van der Waals surface area contributed by atoms with E-state index >= 15 is 0 Å². The number of para-hydroxylation sites is 1. The van der Waals surface area contributed by atoms with Gasteiger partial charge in [-0.05, 0) is 34.6 Å². The molecule has 82 valence electrons. The van der Waals surface area contributed by atoms with Gasteiger partial charge in [0, 0.05) is 4.47 Å². The molecule has 0 aromatic heterocycles. The Balaban J connectivity index is 2.68. The van der Waals surface area contributed by atoms with Crippen molar-refractivity contribution in [3.05, 3.63) is 28.5 Å². The van der Waals surface area contributed by atoms with Crippen LogP contribution in [0.1, 0.15) is 6.92 Å². The quantitative estimate of drug-likeness (QED) is 0.883. The summed E-state index contributed by atoms with van der Waals surface area (Å²) in [5, 5.41) is 5.35. The van der Waals surface area contributed by atoms with Crippen LogP contribution in [0.3, 0.4) is 0 Å². The van der Waals surface area contributed by atoms with Crippen molar-refractivity contribution < 1.29 is 9.18 Å². The Kier molecular flexibility index (Phi) is 4.71. The minimum Gasteiger partial charge on any atom is -0.322 e. The smallest absolute Gasteiger partial charge is 0.238 e. The monoisotopic (exact) mass is 274 g/mol. The van der Waals surface area contributed by atoms with Gasteiger partial charge in [0.15, 0.2) is 0 Å². The van der Waals surface area contributed by atoms with Gasteiger partial charge in [0.25, 0.3) is 0 Å². The first-order chi connectivity index (χ1) is 7.15. The zero-order chi connectivity index (χ0) is 11.3. The number of anilines is 1. The Bertz CT molecular complexity index is 337. The Labute approximate surface area is 96.2 Å². The Morgan fingerprint density at radius 3 is 2.87 bits per heavy atom. The summed E-state index contributed by atoms with van der Waals surface area (Å²) in [6.07, 6.45) is 0. The summed E-state index contributed by atoms with van der Waals surface area (Å²) >= 11 is 3.17. The van der Waals surface area contributed by atoms with E-state index in [0.29, 0.717) is 11.0 Å². The second-order valence-corrected chi connectivity index (χ2v) is 3.78. The average molecular weight is 275 g/mol. The van der Waals surface area contributed by atoms with Gasteiger partial charge < -0.3 is 10.6 Å². The molecular weight excluding hydrogens is 263 g/mol. The number of halogens is 2. The molecule has 0 spiro atoms. The average Bonchev–Trinajstić information content (AvgIpc) is 2.21. The molecule has 0 saturated heterocycles. The van der Waals surface area contributed by atoms with Crippen LogP contribution in [-0.4, -0.2) is 19.0 Å². The van der Waals surface area contributed by atoms with Crippen LogP contribution in [0.5, 0.6) is 0 Å². The second kappa shape index (κ2) is 5.82. The largest absolute Gasteiger partial charge is 0.322 e. The first-order valence-corrected chi connectivity index (χ1v) is 5.39. The molecule has 0 heterocycles. The normalized spacial score (nSPS) is 10.1. The van der Waals surface area contributed by atoms with E-state index in [1.165, 1.54) is 6.07 Å². The second-order valence-electron chi connectivity index (χ2n) is 2.93. The van der Waals surface area contributed by atoms with Crippen molar-refractivity contribution in [2.75, 3.05) is 18.4 Å². The van der Waals surface area contributed by atoms with E-state index in [1.807, 2.05) is 6.92 Å². The number of likely N-dealkylation sites (N-methyl/N-ethyl adjacent to an activating group) is 1.